The summed E-state index contributed by atoms with van der Waals surface area (Å²) in [6, 6.07) is 2.05. The van der Waals surface area contributed by atoms with E-state index in [2.05, 4.69) is 36.2 Å². The van der Waals surface area contributed by atoms with E-state index in [-0.39, 0.29) is 0 Å². The summed E-state index contributed by atoms with van der Waals surface area (Å²) in [5.41, 5.74) is 0. The van der Waals surface area contributed by atoms with Gasteiger partial charge >= 0.3 is 0 Å². The Hall–Kier alpha value is -2.15. The lowest BCUT2D eigenvalue weighted by Crippen LogP contribution is -2.08. The average molecular weight is 288 g/mol. The average Bonchev–Trinajstić information content (AvgIpc) is 3.13. The van der Waals surface area contributed by atoms with Gasteiger partial charge < -0.3 is 15.2 Å². The molecule has 0 bridgehead atoms. The fourth-order valence-electron chi connectivity index (χ4n) is 1.99. The Kier molecular flexibility index (Phi) is 3.78. The van der Waals surface area contributed by atoms with Gasteiger partial charge in [-0.1, -0.05) is 0 Å². The minimum atomic E-state index is 0.650. The van der Waals surface area contributed by atoms with Crippen molar-refractivity contribution in [2.24, 2.45) is 0 Å². The third-order valence-electron chi connectivity index (χ3n) is 2.99. The van der Waals surface area contributed by atoms with E-state index < -0.39 is 0 Å². The Balaban J connectivity index is 1.65. The molecule has 3 rings (SSSR count). The summed E-state index contributed by atoms with van der Waals surface area (Å²) in [5.74, 6) is 1.54. The van der Waals surface area contributed by atoms with Crippen LogP contribution in [0.1, 0.15) is 6.42 Å². The zero-order valence-electron chi connectivity index (χ0n) is 11.2. The van der Waals surface area contributed by atoms with E-state index in [1.165, 1.54) is 0 Å². The van der Waals surface area contributed by atoms with Gasteiger partial charge in [0.05, 0.1) is 11.7 Å². The van der Waals surface area contributed by atoms with E-state index in [1.54, 1.807) is 17.5 Å². The Morgan fingerprint density at radius 1 is 1.35 bits per heavy atom. The van der Waals surface area contributed by atoms with Gasteiger partial charge in [0.15, 0.2) is 0 Å². The number of hydrogen-bond donors (Lipinski definition) is 2. The predicted molar refractivity (Wildman–Crippen MR) is 82.3 cm³/mol. The van der Waals surface area contributed by atoms with Crippen LogP contribution in [0, 0.1) is 0 Å². The first-order valence-electron chi connectivity index (χ1n) is 6.49. The van der Waals surface area contributed by atoms with Gasteiger partial charge in [-0.3, -0.25) is 0 Å². The molecule has 0 unspecified atom stereocenters. The molecule has 0 atom stereocenters. The molecule has 0 aromatic carbocycles. The molecule has 20 heavy (non-hydrogen) atoms. The standard InChI is InChI=1S/C13H16N6S/c1-14-13-17-11(10-3-8-20-12(10)18-13)16-4-2-6-19-7-5-15-9-19/h3,5,7-9H,2,4,6H2,1H3,(H2,14,16,17,18). The molecule has 7 heteroatoms. The Morgan fingerprint density at radius 2 is 2.30 bits per heavy atom. The number of nitrogens with one attached hydrogen (secondary N) is 2. The summed E-state index contributed by atoms with van der Waals surface area (Å²) in [7, 11) is 1.83. The van der Waals surface area contributed by atoms with Crippen LogP contribution in [0.25, 0.3) is 10.2 Å². The molecule has 0 spiro atoms. The second-order valence-corrected chi connectivity index (χ2v) is 5.26. The van der Waals surface area contributed by atoms with Crippen LogP contribution >= 0.6 is 11.3 Å². The van der Waals surface area contributed by atoms with Crippen LogP contribution in [-0.4, -0.2) is 33.1 Å². The SMILES string of the molecule is CNc1nc(NCCCn2ccnc2)c2ccsc2n1. The lowest BCUT2D eigenvalue weighted by Gasteiger charge is -2.08. The van der Waals surface area contributed by atoms with E-state index in [9.17, 15) is 0 Å². The van der Waals surface area contributed by atoms with Gasteiger partial charge in [0.2, 0.25) is 5.95 Å². The molecule has 0 aliphatic heterocycles. The molecule has 6 nitrogen and oxygen atoms in total. The van der Waals surface area contributed by atoms with Crippen molar-refractivity contribution < 1.29 is 0 Å². The van der Waals surface area contributed by atoms with E-state index >= 15 is 0 Å². The van der Waals surface area contributed by atoms with Crippen molar-refractivity contribution >= 4 is 33.3 Å². The first-order valence-corrected chi connectivity index (χ1v) is 7.37. The number of thiophene rings is 1. The summed E-state index contributed by atoms with van der Waals surface area (Å²) in [4.78, 5) is 13.9. The fraction of sp³-hybridized carbons (Fsp3) is 0.308. The highest BCUT2D eigenvalue weighted by Gasteiger charge is 2.07. The van der Waals surface area contributed by atoms with Crippen LogP contribution in [-0.2, 0) is 6.54 Å². The highest BCUT2D eigenvalue weighted by molar-refractivity contribution is 7.16. The van der Waals surface area contributed by atoms with Crippen molar-refractivity contribution in [1.29, 1.82) is 0 Å². The van der Waals surface area contributed by atoms with E-state index in [0.29, 0.717) is 5.95 Å². The molecule has 0 fully saturated rings. The van der Waals surface area contributed by atoms with Crippen molar-refractivity contribution in [3.63, 3.8) is 0 Å². The predicted octanol–water partition coefficient (Wildman–Crippen LogP) is 2.43. The fourth-order valence-corrected chi connectivity index (χ4v) is 2.75. The van der Waals surface area contributed by atoms with E-state index in [1.807, 2.05) is 25.0 Å². The molecule has 0 aliphatic rings. The molecule has 2 N–H and O–H groups in total. The molecule has 3 aromatic rings. The topological polar surface area (TPSA) is 67.7 Å². The minimum absolute atomic E-state index is 0.650. The zero-order valence-corrected chi connectivity index (χ0v) is 12.0. The van der Waals surface area contributed by atoms with Crippen molar-refractivity contribution in [2.75, 3.05) is 24.2 Å². The van der Waals surface area contributed by atoms with Crippen LogP contribution in [0.2, 0.25) is 0 Å². The van der Waals surface area contributed by atoms with Crippen molar-refractivity contribution in [1.82, 2.24) is 19.5 Å². The second-order valence-electron chi connectivity index (χ2n) is 4.37. The summed E-state index contributed by atoms with van der Waals surface area (Å²) < 4.78 is 2.07. The number of fused-ring (bicyclic) bond motifs is 1. The molecule has 3 heterocycles. The molecule has 0 saturated carbocycles. The maximum atomic E-state index is 4.48. The van der Waals surface area contributed by atoms with Crippen LogP contribution in [0.4, 0.5) is 11.8 Å². The number of aromatic nitrogens is 4. The molecule has 0 saturated heterocycles. The maximum Gasteiger partial charge on any atom is 0.225 e. The van der Waals surface area contributed by atoms with Gasteiger partial charge in [0.25, 0.3) is 0 Å². The van der Waals surface area contributed by atoms with E-state index in [4.69, 9.17) is 0 Å². The van der Waals surface area contributed by atoms with Crippen LogP contribution in [0.15, 0.2) is 30.2 Å². The lowest BCUT2D eigenvalue weighted by molar-refractivity contribution is 0.660. The Labute approximate surface area is 120 Å². The van der Waals surface area contributed by atoms with Gasteiger partial charge in [-0.15, -0.1) is 11.3 Å². The number of hydrogen-bond acceptors (Lipinski definition) is 6. The molecule has 0 radical (unpaired) electrons. The zero-order chi connectivity index (χ0) is 13.8. The third kappa shape index (κ3) is 2.72. The first kappa shape index (κ1) is 12.9. The minimum Gasteiger partial charge on any atom is -0.369 e. The van der Waals surface area contributed by atoms with Crippen molar-refractivity contribution in [2.45, 2.75) is 13.0 Å². The lowest BCUT2D eigenvalue weighted by atomic mass is 10.3. The molecular weight excluding hydrogens is 272 g/mol. The van der Waals surface area contributed by atoms with Crippen molar-refractivity contribution in [3.05, 3.63) is 30.2 Å². The van der Waals surface area contributed by atoms with Gasteiger partial charge in [-0.05, 0) is 17.9 Å². The number of nitrogens with zero attached hydrogens (tertiary/aromatic N) is 4. The highest BCUT2D eigenvalue weighted by Crippen LogP contribution is 2.26. The molecule has 3 aromatic heterocycles. The van der Waals surface area contributed by atoms with Gasteiger partial charge in [0.1, 0.15) is 10.6 Å². The van der Waals surface area contributed by atoms with E-state index in [0.717, 1.165) is 35.5 Å². The van der Waals surface area contributed by atoms with Crippen LogP contribution in [0.5, 0.6) is 0 Å². The summed E-state index contributed by atoms with van der Waals surface area (Å²) in [5, 5.41) is 9.50. The molecule has 104 valence electrons. The first-order chi connectivity index (χ1) is 9.86. The molecule has 0 aliphatic carbocycles. The van der Waals surface area contributed by atoms with Gasteiger partial charge in [0, 0.05) is 32.5 Å². The Morgan fingerprint density at radius 3 is 3.10 bits per heavy atom. The smallest absolute Gasteiger partial charge is 0.225 e. The summed E-state index contributed by atoms with van der Waals surface area (Å²) in [6.07, 6.45) is 6.62. The number of anilines is 2. The normalized spacial score (nSPS) is 10.8. The summed E-state index contributed by atoms with van der Waals surface area (Å²) >= 11 is 1.62. The number of aryl methyl sites for hydroxylation is 1. The van der Waals surface area contributed by atoms with Gasteiger partial charge in [-0.2, -0.15) is 4.98 Å². The second kappa shape index (κ2) is 5.87. The van der Waals surface area contributed by atoms with Crippen LogP contribution < -0.4 is 10.6 Å². The highest BCUT2D eigenvalue weighted by atomic mass is 32.1. The quantitative estimate of drug-likeness (QED) is 0.682. The number of imidazole rings is 1. The summed E-state index contributed by atoms with van der Waals surface area (Å²) in [6.45, 7) is 1.81. The maximum absolute atomic E-state index is 4.48. The molecular formula is C13H16N6S. The Bertz CT molecular complexity index is 675. The van der Waals surface area contributed by atoms with Crippen molar-refractivity contribution in [3.8, 4) is 0 Å². The van der Waals surface area contributed by atoms with Gasteiger partial charge in [-0.25, -0.2) is 9.97 Å². The third-order valence-corrected chi connectivity index (χ3v) is 3.80. The molecule has 0 amide bonds. The largest absolute Gasteiger partial charge is 0.369 e. The van der Waals surface area contributed by atoms with Crippen LogP contribution in [0.3, 0.4) is 0 Å². The monoisotopic (exact) mass is 288 g/mol. The number of rotatable bonds is 6.